The van der Waals surface area contributed by atoms with E-state index in [1.54, 1.807) is 11.3 Å². The van der Waals surface area contributed by atoms with Crippen LogP contribution >= 0.6 is 11.3 Å². The zero-order valence-electron chi connectivity index (χ0n) is 13.7. The van der Waals surface area contributed by atoms with E-state index in [4.69, 9.17) is 4.74 Å². The number of benzene rings is 1. The first-order valence-corrected chi connectivity index (χ1v) is 9.58. The number of nitrogens with zero attached hydrogens (tertiary/aromatic N) is 2. The number of carbonyl (C=O) groups excluding carboxylic acids is 1. The summed E-state index contributed by atoms with van der Waals surface area (Å²) in [6.07, 6.45) is 5.58. The van der Waals surface area contributed by atoms with E-state index < -0.39 is 0 Å². The number of aromatic nitrogens is 1. The van der Waals surface area contributed by atoms with E-state index in [-0.39, 0.29) is 11.8 Å². The predicted molar refractivity (Wildman–Crippen MR) is 94.6 cm³/mol. The lowest BCUT2D eigenvalue weighted by Crippen LogP contribution is -2.39. The second-order valence-corrected chi connectivity index (χ2v) is 7.55. The Morgan fingerprint density at radius 2 is 2.25 bits per heavy atom. The Labute approximate surface area is 146 Å². The van der Waals surface area contributed by atoms with Crippen LogP contribution in [0.1, 0.15) is 48.1 Å². The summed E-state index contributed by atoms with van der Waals surface area (Å²) < 4.78 is 5.71. The highest BCUT2D eigenvalue weighted by Gasteiger charge is 2.29. The number of carbonyl (C=O) groups is 1. The summed E-state index contributed by atoms with van der Waals surface area (Å²) in [5.41, 5.74) is 1.19. The molecule has 1 fully saturated rings. The van der Waals surface area contributed by atoms with E-state index in [1.807, 2.05) is 34.7 Å². The fourth-order valence-electron chi connectivity index (χ4n) is 3.81. The molecule has 2 aliphatic heterocycles. The molecule has 126 valence electrons. The summed E-state index contributed by atoms with van der Waals surface area (Å²) in [7, 11) is 0. The number of hydrogen-bond acceptors (Lipinski definition) is 4. The Morgan fingerprint density at radius 1 is 1.33 bits per heavy atom. The van der Waals surface area contributed by atoms with Gasteiger partial charge in [-0.3, -0.25) is 4.79 Å². The van der Waals surface area contributed by atoms with Crippen molar-refractivity contribution in [3.05, 3.63) is 46.4 Å². The molecule has 24 heavy (non-hydrogen) atoms. The number of para-hydroxylation sites is 1. The minimum atomic E-state index is 0.276. The SMILES string of the molecule is O=C(C[C@@H]1CCOc2ccccc21)N1CCC[C@H](c2nccs2)C1. The number of piperidine rings is 1. The van der Waals surface area contributed by atoms with Gasteiger partial charge in [-0.2, -0.15) is 0 Å². The first kappa shape index (κ1) is 15.6. The number of rotatable bonds is 3. The van der Waals surface area contributed by atoms with Crippen molar-refractivity contribution in [1.29, 1.82) is 0 Å². The van der Waals surface area contributed by atoms with Gasteiger partial charge in [0.05, 0.1) is 11.6 Å². The van der Waals surface area contributed by atoms with Crippen LogP contribution in [0.15, 0.2) is 35.8 Å². The number of hydrogen-bond donors (Lipinski definition) is 0. The molecule has 3 heterocycles. The third kappa shape index (κ3) is 3.18. The molecule has 2 atom stereocenters. The predicted octanol–water partition coefficient (Wildman–Crippen LogP) is 3.81. The topological polar surface area (TPSA) is 42.4 Å². The molecule has 4 nitrogen and oxygen atoms in total. The van der Waals surface area contributed by atoms with Gasteiger partial charge in [0.15, 0.2) is 0 Å². The van der Waals surface area contributed by atoms with Crippen LogP contribution < -0.4 is 4.74 Å². The third-order valence-corrected chi connectivity index (χ3v) is 6.02. The molecule has 1 amide bonds. The number of amides is 1. The molecule has 0 saturated carbocycles. The van der Waals surface area contributed by atoms with Crippen molar-refractivity contribution in [3.63, 3.8) is 0 Å². The molecule has 0 radical (unpaired) electrons. The highest BCUT2D eigenvalue weighted by atomic mass is 32.1. The lowest BCUT2D eigenvalue weighted by molar-refractivity contribution is -0.133. The van der Waals surface area contributed by atoms with Crippen LogP contribution in [0.3, 0.4) is 0 Å². The monoisotopic (exact) mass is 342 g/mol. The molecule has 0 aliphatic carbocycles. The van der Waals surface area contributed by atoms with Gasteiger partial charge in [0, 0.05) is 37.0 Å². The van der Waals surface area contributed by atoms with E-state index in [1.165, 1.54) is 10.6 Å². The minimum absolute atomic E-state index is 0.276. The lowest BCUT2D eigenvalue weighted by Gasteiger charge is -2.33. The largest absolute Gasteiger partial charge is 0.493 e. The fraction of sp³-hybridized carbons (Fsp3) is 0.474. The molecule has 1 saturated heterocycles. The first-order chi connectivity index (χ1) is 11.8. The van der Waals surface area contributed by atoms with Crippen LogP contribution in [-0.2, 0) is 4.79 Å². The van der Waals surface area contributed by atoms with Crippen LogP contribution in [0.2, 0.25) is 0 Å². The highest BCUT2D eigenvalue weighted by Crippen LogP contribution is 2.36. The van der Waals surface area contributed by atoms with Crippen molar-refractivity contribution >= 4 is 17.2 Å². The van der Waals surface area contributed by atoms with Crippen molar-refractivity contribution in [2.24, 2.45) is 0 Å². The van der Waals surface area contributed by atoms with E-state index in [0.717, 1.165) is 38.1 Å². The molecule has 5 heteroatoms. The quantitative estimate of drug-likeness (QED) is 0.852. The molecule has 1 aromatic carbocycles. The van der Waals surface area contributed by atoms with Crippen LogP contribution in [0.4, 0.5) is 0 Å². The van der Waals surface area contributed by atoms with Gasteiger partial charge in [0.25, 0.3) is 0 Å². The minimum Gasteiger partial charge on any atom is -0.493 e. The average Bonchev–Trinajstić information content (AvgIpc) is 3.17. The standard InChI is InChI=1S/C19H22N2O2S/c22-18(12-14-7-10-23-17-6-2-1-5-16(14)17)21-9-3-4-15(13-21)19-20-8-11-24-19/h1-2,5-6,8,11,14-15H,3-4,7,9-10,12-13H2/t14-,15-/m0/s1. The van der Waals surface area contributed by atoms with Crippen LogP contribution in [0.5, 0.6) is 5.75 Å². The zero-order valence-corrected chi connectivity index (χ0v) is 14.5. The summed E-state index contributed by atoms with van der Waals surface area (Å²) in [5, 5.41) is 3.19. The molecule has 0 N–H and O–H groups in total. The molecule has 1 aromatic heterocycles. The summed E-state index contributed by atoms with van der Waals surface area (Å²) in [6.45, 7) is 2.40. The van der Waals surface area contributed by atoms with Gasteiger partial charge in [-0.25, -0.2) is 4.98 Å². The van der Waals surface area contributed by atoms with Crippen molar-refractivity contribution in [3.8, 4) is 5.75 Å². The summed E-state index contributed by atoms with van der Waals surface area (Å²) in [4.78, 5) is 19.4. The lowest BCUT2D eigenvalue weighted by atomic mass is 9.89. The van der Waals surface area contributed by atoms with E-state index in [2.05, 4.69) is 11.1 Å². The van der Waals surface area contributed by atoms with Gasteiger partial charge in [-0.05, 0) is 36.8 Å². The molecule has 2 aliphatic rings. The molecule has 4 rings (SSSR count). The van der Waals surface area contributed by atoms with Crippen LogP contribution in [0, 0.1) is 0 Å². The van der Waals surface area contributed by atoms with Crippen molar-refractivity contribution in [1.82, 2.24) is 9.88 Å². The highest BCUT2D eigenvalue weighted by molar-refractivity contribution is 7.09. The van der Waals surface area contributed by atoms with Gasteiger partial charge in [0.2, 0.25) is 5.91 Å². The van der Waals surface area contributed by atoms with Gasteiger partial charge in [-0.15, -0.1) is 11.3 Å². The molecule has 0 spiro atoms. The average molecular weight is 342 g/mol. The van der Waals surface area contributed by atoms with Crippen LogP contribution in [-0.4, -0.2) is 35.5 Å². The Hall–Kier alpha value is -1.88. The summed E-state index contributed by atoms with van der Waals surface area (Å²) >= 11 is 1.70. The maximum absolute atomic E-state index is 12.9. The maximum Gasteiger partial charge on any atom is 0.223 e. The Morgan fingerprint density at radius 3 is 3.12 bits per heavy atom. The maximum atomic E-state index is 12.9. The van der Waals surface area contributed by atoms with Crippen molar-refractivity contribution in [2.45, 2.75) is 37.5 Å². The molecule has 0 unspecified atom stereocenters. The zero-order chi connectivity index (χ0) is 16.4. The van der Waals surface area contributed by atoms with Gasteiger partial charge < -0.3 is 9.64 Å². The van der Waals surface area contributed by atoms with Gasteiger partial charge in [0.1, 0.15) is 5.75 Å². The number of fused-ring (bicyclic) bond motifs is 1. The Kier molecular flexibility index (Phi) is 4.52. The molecular weight excluding hydrogens is 320 g/mol. The smallest absolute Gasteiger partial charge is 0.223 e. The number of thiazole rings is 1. The summed E-state index contributed by atoms with van der Waals surface area (Å²) in [5.74, 6) is 1.91. The fourth-order valence-corrected chi connectivity index (χ4v) is 4.58. The normalized spacial score (nSPS) is 23.4. The third-order valence-electron chi connectivity index (χ3n) is 5.08. The summed E-state index contributed by atoms with van der Waals surface area (Å²) in [6, 6.07) is 8.13. The van der Waals surface area contributed by atoms with E-state index >= 15 is 0 Å². The van der Waals surface area contributed by atoms with Crippen LogP contribution in [0.25, 0.3) is 0 Å². The van der Waals surface area contributed by atoms with Gasteiger partial charge in [-0.1, -0.05) is 18.2 Å². The number of ether oxygens (including phenoxy) is 1. The van der Waals surface area contributed by atoms with E-state index in [9.17, 15) is 4.79 Å². The second kappa shape index (κ2) is 6.93. The second-order valence-electron chi connectivity index (χ2n) is 6.63. The first-order valence-electron chi connectivity index (χ1n) is 8.70. The van der Waals surface area contributed by atoms with Crippen molar-refractivity contribution < 1.29 is 9.53 Å². The number of likely N-dealkylation sites (tertiary alicyclic amines) is 1. The Bertz CT molecular complexity index is 701. The van der Waals surface area contributed by atoms with Crippen molar-refractivity contribution in [2.75, 3.05) is 19.7 Å². The van der Waals surface area contributed by atoms with Gasteiger partial charge >= 0.3 is 0 Å². The Balaban J connectivity index is 1.43. The molecule has 0 bridgehead atoms. The van der Waals surface area contributed by atoms with E-state index in [0.29, 0.717) is 18.9 Å². The molecule has 2 aromatic rings. The molecular formula is C19H22N2O2S.